The number of nitrogens with one attached hydrogen (secondary N) is 2. The van der Waals surface area contributed by atoms with Gasteiger partial charge in [0.2, 0.25) is 0 Å². The Kier molecular flexibility index (Phi) is 6.36. The number of ether oxygens (including phenoxy) is 2. The van der Waals surface area contributed by atoms with Crippen LogP contribution in [0.3, 0.4) is 0 Å². The number of anilines is 1. The minimum atomic E-state index is -0.933. The fourth-order valence-electron chi connectivity index (χ4n) is 3.87. The van der Waals surface area contributed by atoms with E-state index in [1.165, 1.54) is 7.11 Å². The van der Waals surface area contributed by atoms with Crippen LogP contribution in [-0.4, -0.2) is 44.4 Å². The molecule has 0 unspecified atom stereocenters. The van der Waals surface area contributed by atoms with Crippen molar-refractivity contribution in [3.8, 4) is 22.8 Å². The second kappa shape index (κ2) is 9.37. The zero-order valence-corrected chi connectivity index (χ0v) is 18.8. The normalized spacial score (nSPS) is 14.6. The van der Waals surface area contributed by atoms with E-state index in [4.69, 9.17) is 9.47 Å². The first-order chi connectivity index (χ1) is 15.9. The number of imide groups is 1. The number of aryl methyl sites for hydroxylation is 2. The third-order valence-electron chi connectivity index (χ3n) is 5.68. The van der Waals surface area contributed by atoms with E-state index in [0.29, 0.717) is 35.9 Å². The van der Waals surface area contributed by atoms with Crippen molar-refractivity contribution in [1.82, 2.24) is 25.1 Å². The Morgan fingerprint density at radius 2 is 1.97 bits per heavy atom. The lowest BCUT2D eigenvalue weighted by Gasteiger charge is -2.25. The molecule has 4 rings (SSSR count). The van der Waals surface area contributed by atoms with E-state index in [2.05, 4.69) is 25.7 Å². The molecule has 0 atom stereocenters. The fourth-order valence-corrected chi connectivity index (χ4v) is 3.87. The van der Waals surface area contributed by atoms with Crippen molar-refractivity contribution in [2.75, 3.05) is 12.4 Å². The first-order valence-electron chi connectivity index (χ1n) is 10.7. The van der Waals surface area contributed by atoms with Crippen molar-refractivity contribution >= 4 is 17.8 Å². The number of urea groups is 1. The Bertz CT molecular complexity index is 1170. The van der Waals surface area contributed by atoms with E-state index in [1.807, 2.05) is 19.3 Å². The van der Waals surface area contributed by atoms with Crippen LogP contribution in [0.5, 0.6) is 11.5 Å². The van der Waals surface area contributed by atoms with Gasteiger partial charge in [-0.15, -0.1) is 0 Å². The molecule has 0 radical (unpaired) electrons. The maximum absolute atomic E-state index is 12.5. The van der Waals surface area contributed by atoms with Gasteiger partial charge < -0.3 is 9.47 Å². The van der Waals surface area contributed by atoms with Crippen LogP contribution in [0, 0.1) is 6.92 Å². The summed E-state index contributed by atoms with van der Waals surface area (Å²) in [6.45, 7) is 1.77. The van der Waals surface area contributed by atoms with Gasteiger partial charge in [0.05, 0.1) is 17.6 Å². The predicted octanol–water partition coefficient (Wildman–Crippen LogP) is 3.59. The largest absolute Gasteiger partial charge is 0.455 e. The zero-order chi connectivity index (χ0) is 23.4. The predicted molar refractivity (Wildman–Crippen MR) is 121 cm³/mol. The van der Waals surface area contributed by atoms with Crippen molar-refractivity contribution in [3.05, 3.63) is 48.5 Å². The summed E-state index contributed by atoms with van der Waals surface area (Å²) in [5.41, 5.74) is 1.26. The summed E-state index contributed by atoms with van der Waals surface area (Å²) in [6, 6.07) is 6.23. The lowest BCUT2D eigenvalue weighted by Crippen LogP contribution is -2.49. The summed E-state index contributed by atoms with van der Waals surface area (Å²) in [5, 5.41) is 9.11. The number of carbonyl (C=O) groups is 2. The monoisotopic (exact) mass is 450 g/mol. The SMILES string of the molecule is COC1(C(=O)NC(=O)Nc2ccc(Oc3ccnc(-c4cnn(C)c4)c3)c(C)n2)CCCC1. The number of amides is 3. The van der Waals surface area contributed by atoms with Gasteiger partial charge in [-0.25, -0.2) is 9.78 Å². The highest BCUT2D eigenvalue weighted by atomic mass is 16.5. The average molecular weight is 450 g/mol. The van der Waals surface area contributed by atoms with E-state index >= 15 is 0 Å². The zero-order valence-electron chi connectivity index (χ0n) is 18.8. The van der Waals surface area contributed by atoms with Crippen LogP contribution in [0.1, 0.15) is 31.4 Å². The molecule has 1 aliphatic carbocycles. The Morgan fingerprint density at radius 3 is 2.64 bits per heavy atom. The van der Waals surface area contributed by atoms with E-state index < -0.39 is 17.5 Å². The van der Waals surface area contributed by atoms with Crippen LogP contribution in [0.15, 0.2) is 42.9 Å². The number of carbonyl (C=O) groups excluding carboxylic acids is 2. The van der Waals surface area contributed by atoms with Crippen molar-refractivity contribution in [2.24, 2.45) is 7.05 Å². The quantitative estimate of drug-likeness (QED) is 0.589. The molecule has 0 saturated heterocycles. The summed E-state index contributed by atoms with van der Waals surface area (Å²) in [5.74, 6) is 0.997. The maximum Gasteiger partial charge on any atom is 0.327 e. The topological polar surface area (TPSA) is 120 Å². The number of methoxy groups -OCH3 is 1. The number of rotatable bonds is 6. The van der Waals surface area contributed by atoms with Crippen LogP contribution in [-0.2, 0) is 16.6 Å². The summed E-state index contributed by atoms with van der Waals surface area (Å²) in [6.07, 6.45) is 8.26. The summed E-state index contributed by atoms with van der Waals surface area (Å²) >= 11 is 0. The summed E-state index contributed by atoms with van der Waals surface area (Å²) in [7, 11) is 3.34. The minimum Gasteiger partial charge on any atom is -0.455 e. The molecular formula is C23H26N6O4. The molecule has 0 aromatic carbocycles. The molecule has 0 bridgehead atoms. The van der Waals surface area contributed by atoms with Gasteiger partial charge in [-0.2, -0.15) is 5.10 Å². The molecule has 10 nitrogen and oxygen atoms in total. The Balaban J connectivity index is 1.40. The first-order valence-corrected chi connectivity index (χ1v) is 10.7. The maximum atomic E-state index is 12.5. The summed E-state index contributed by atoms with van der Waals surface area (Å²) in [4.78, 5) is 33.5. The van der Waals surface area contributed by atoms with Crippen LogP contribution in [0.2, 0.25) is 0 Å². The third-order valence-corrected chi connectivity index (χ3v) is 5.68. The second-order valence-electron chi connectivity index (χ2n) is 7.98. The van der Waals surface area contributed by atoms with Crippen molar-refractivity contribution in [1.29, 1.82) is 0 Å². The molecular weight excluding hydrogens is 424 g/mol. The highest BCUT2D eigenvalue weighted by molar-refractivity contribution is 6.03. The number of hydrogen-bond donors (Lipinski definition) is 2. The minimum absolute atomic E-state index is 0.300. The lowest BCUT2D eigenvalue weighted by molar-refractivity contribution is -0.141. The molecule has 10 heteroatoms. The van der Waals surface area contributed by atoms with E-state index in [-0.39, 0.29) is 0 Å². The molecule has 3 heterocycles. The van der Waals surface area contributed by atoms with Gasteiger partial charge in [-0.3, -0.25) is 25.1 Å². The van der Waals surface area contributed by atoms with E-state index in [1.54, 1.807) is 42.2 Å². The Hall–Kier alpha value is -3.79. The number of nitrogens with zero attached hydrogens (tertiary/aromatic N) is 4. The highest BCUT2D eigenvalue weighted by Gasteiger charge is 2.42. The van der Waals surface area contributed by atoms with E-state index in [9.17, 15) is 9.59 Å². The van der Waals surface area contributed by atoms with Gasteiger partial charge in [0.1, 0.15) is 22.9 Å². The van der Waals surface area contributed by atoms with Gasteiger partial charge >= 0.3 is 6.03 Å². The van der Waals surface area contributed by atoms with Gasteiger partial charge in [-0.05, 0) is 50.8 Å². The van der Waals surface area contributed by atoms with Crippen LogP contribution >= 0.6 is 0 Å². The van der Waals surface area contributed by atoms with Gasteiger partial charge in [0.25, 0.3) is 5.91 Å². The lowest BCUT2D eigenvalue weighted by atomic mass is 10.0. The van der Waals surface area contributed by atoms with Crippen molar-refractivity contribution < 1.29 is 19.1 Å². The molecule has 1 saturated carbocycles. The van der Waals surface area contributed by atoms with Gasteiger partial charge in [0.15, 0.2) is 0 Å². The molecule has 33 heavy (non-hydrogen) atoms. The van der Waals surface area contributed by atoms with E-state index in [0.717, 1.165) is 24.1 Å². The van der Waals surface area contributed by atoms with Crippen LogP contribution in [0.4, 0.5) is 10.6 Å². The molecule has 0 spiro atoms. The van der Waals surface area contributed by atoms with Crippen molar-refractivity contribution in [3.63, 3.8) is 0 Å². The number of pyridine rings is 2. The fraction of sp³-hybridized carbons (Fsp3) is 0.348. The highest BCUT2D eigenvalue weighted by Crippen LogP contribution is 2.33. The average Bonchev–Trinajstić information content (AvgIpc) is 3.46. The first kappa shape index (κ1) is 22.4. The molecule has 3 aromatic heterocycles. The van der Waals surface area contributed by atoms with Crippen LogP contribution in [0.25, 0.3) is 11.3 Å². The molecule has 2 N–H and O–H groups in total. The summed E-state index contributed by atoms with van der Waals surface area (Å²) < 4.78 is 13.1. The van der Waals surface area contributed by atoms with Gasteiger partial charge in [-0.1, -0.05) is 0 Å². The molecule has 1 aliphatic rings. The van der Waals surface area contributed by atoms with Crippen molar-refractivity contribution in [2.45, 2.75) is 38.2 Å². The molecule has 3 amide bonds. The number of hydrogen-bond acceptors (Lipinski definition) is 7. The van der Waals surface area contributed by atoms with Crippen LogP contribution < -0.4 is 15.4 Å². The molecule has 172 valence electrons. The molecule has 1 fully saturated rings. The Morgan fingerprint density at radius 1 is 1.18 bits per heavy atom. The third kappa shape index (κ3) is 5.01. The Labute approximate surface area is 191 Å². The standard InChI is InChI=1S/C23H26N6O4/c1-15-19(33-17-8-11-24-18(12-17)16-13-25-29(2)14-16)6-7-20(26-15)27-22(31)28-21(30)23(32-3)9-4-5-10-23/h6-8,11-14H,4-5,9-10H2,1-3H3,(H2,26,27,28,30,31). The molecule has 3 aromatic rings. The second-order valence-corrected chi connectivity index (χ2v) is 7.98. The molecule has 0 aliphatic heterocycles. The smallest absolute Gasteiger partial charge is 0.327 e. The van der Waals surface area contributed by atoms with Gasteiger partial charge in [0, 0.05) is 38.2 Å². The number of aromatic nitrogens is 4.